The van der Waals surface area contributed by atoms with Crippen molar-refractivity contribution in [2.75, 3.05) is 49.2 Å². The molecule has 0 unspecified atom stereocenters. The van der Waals surface area contributed by atoms with Crippen LogP contribution in [-0.4, -0.2) is 45.3 Å². The smallest absolute Gasteiger partial charge is 0.229 e. The van der Waals surface area contributed by atoms with E-state index in [1.165, 1.54) is 6.07 Å². The number of anilines is 2. The Morgan fingerprint density at radius 2 is 2.09 bits per heavy atom. The minimum atomic E-state index is -0.307. The Morgan fingerprint density at radius 3 is 2.65 bits per heavy atom. The number of hydrogen-bond acceptors (Lipinski definition) is 4. The van der Waals surface area contributed by atoms with E-state index in [0.29, 0.717) is 57.2 Å². The van der Waals surface area contributed by atoms with Gasteiger partial charge in [0.25, 0.3) is 0 Å². The van der Waals surface area contributed by atoms with Crippen molar-refractivity contribution in [1.82, 2.24) is 0 Å². The number of halogens is 1. The molecular weight excluding hydrogens is 297 g/mol. The maximum atomic E-state index is 14.5. The second kappa shape index (κ2) is 8.26. The van der Waals surface area contributed by atoms with Crippen LogP contribution in [0.1, 0.15) is 20.3 Å². The van der Waals surface area contributed by atoms with Gasteiger partial charge in [-0.05, 0) is 31.2 Å². The second-order valence-corrected chi connectivity index (χ2v) is 6.02. The number of nitrogens with two attached hydrogens (primary N) is 1. The van der Waals surface area contributed by atoms with E-state index in [-0.39, 0.29) is 17.6 Å². The summed E-state index contributed by atoms with van der Waals surface area (Å²) in [6.07, 6.45) is 0.686. The maximum Gasteiger partial charge on any atom is 0.229 e. The summed E-state index contributed by atoms with van der Waals surface area (Å²) >= 11 is 0. The predicted octanol–water partition coefficient (Wildman–Crippen LogP) is 2.00. The van der Waals surface area contributed by atoms with E-state index in [9.17, 15) is 9.18 Å². The molecule has 6 heteroatoms. The lowest BCUT2D eigenvalue weighted by Gasteiger charge is -2.30. The number of carbonyl (C=O) groups excluding carboxylic acids is 1. The summed E-state index contributed by atoms with van der Waals surface area (Å²) < 4.78 is 19.8. The highest BCUT2D eigenvalue weighted by Crippen LogP contribution is 2.26. The Morgan fingerprint density at radius 1 is 1.39 bits per heavy atom. The van der Waals surface area contributed by atoms with E-state index in [0.717, 1.165) is 0 Å². The van der Waals surface area contributed by atoms with Crippen LogP contribution in [0.5, 0.6) is 0 Å². The van der Waals surface area contributed by atoms with Gasteiger partial charge in [-0.3, -0.25) is 4.79 Å². The van der Waals surface area contributed by atoms with E-state index in [1.807, 2.05) is 24.8 Å². The Bertz CT molecular complexity index is 531. The highest BCUT2D eigenvalue weighted by atomic mass is 19.1. The molecular formula is C17H26FN3O2. The van der Waals surface area contributed by atoms with Gasteiger partial charge in [-0.25, -0.2) is 4.39 Å². The van der Waals surface area contributed by atoms with E-state index in [1.54, 1.807) is 11.0 Å². The number of ether oxygens (including phenoxy) is 1. The molecule has 1 aromatic carbocycles. The number of nitrogens with zero attached hydrogens (tertiary/aromatic N) is 2. The molecule has 2 N–H and O–H groups in total. The molecule has 1 saturated heterocycles. The number of benzene rings is 1. The van der Waals surface area contributed by atoms with E-state index in [2.05, 4.69) is 0 Å². The van der Waals surface area contributed by atoms with Gasteiger partial charge in [0.05, 0.1) is 18.9 Å². The third kappa shape index (κ3) is 4.42. The normalized spacial score (nSPS) is 15.1. The summed E-state index contributed by atoms with van der Waals surface area (Å²) in [6, 6.07) is 5.01. The van der Waals surface area contributed by atoms with Crippen molar-refractivity contribution < 1.29 is 13.9 Å². The van der Waals surface area contributed by atoms with Gasteiger partial charge >= 0.3 is 0 Å². The fraction of sp³-hybridized carbons (Fsp3) is 0.588. The minimum absolute atomic E-state index is 0.0167. The molecule has 1 aromatic rings. The molecule has 5 nitrogen and oxygen atoms in total. The topological polar surface area (TPSA) is 58.8 Å². The fourth-order valence-corrected chi connectivity index (χ4v) is 2.65. The Labute approximate surface area is 137 Å². The highest BCUT2D eigenvalue weighted by Gasteiger charge is 2.21. The first-order valence-corrected chi connectivity index (χ1v) is 8.18. The van der Waals surface area contributed by atoms with Crippen LogP contribution in [0.3, 0.4) is 0 Å². The summed E-state index contributed by atoms with van der Waals surface area (Å²) in [5.74, 6) is -0.467. The Kier molecular flexibility index (Phi) is 6.36. The molecule has 1 fully saturated rings. The molecule has 0 aromatic heterocycles. The molecule has 1 amide bonds. The monoisotopic (exact) mass is 323 g/mol. The van der Waals surface area contributed by atoms with Crippen LogP contribution in [0.4, 0.5) is 15.8 Å². The van der Waals surface area contributed by atoms with Gasteiger partial charge in [-0.1, -0.05) is 13.8 Å². The predicted molar refractivity (Wildman–Crippen MR) is 90.3 cm³/mol. The summed E-state index contributed by atoms with van der Waals surface area (Å²) in [6.45, 7) is 7.26. The standard InChI is InChI=1S/C17H26FN3O2/c1-13(2)17(22)21(7-3-6-19)14-4-5-16(15(18)12-14)20-8-10-23-11-9-20/h4-5,12-13H,3,6-11,19H2,1-2H3. The maximum absolute atomic E-state index is 14.5. The summed E-state index contributed by atoms with van der Waals surface area (Å²) in [5, 5.41) is 0. The zero-order valence-corrected chi connectivity index (χ0v) is 13.9. The average Bonchev–Trinajstić information content (AvgIpc) is 2.55. The zero-order valence-electron chi connectivity index (χ0n) is 13.9. The third-order valence-electron chi connectivity index (χ3n) is 3.94. The van der Waals surface area contributed by atoms with Crippen LogP contribution in [0.2, 0.25) is 0 Å². The third-order valence-corrected chi connectivity index (χ3v) is 3.94. The van der Waals surface area contributed by atoms with Crippen molar-refractivity contribution in [3.05, 3.63) is 24.0 Å². The number of morpholine rings is 1. The van der Waals surface area contributed by atoms with Crippen molar-refractivity contribution in [2.24, 2.45) is 11.7 Å². The van der Waals surface area contributed by atoms with Crippen LogP contribution in [-0.2, 0) is 9.53 Å². The van der Waals surface area contributed by atoms with Gasteiger partial charge in [-0.15, -0.1) is 0 Å². The first kappa shape index (κ1) is 17.7. The number of rotatable bonds is 6. The molecule has 0 atom stereocenters. The quantitative estimate of drug-likeness (QED) is 0.870. The number of hydrogen-bond donors (Lipinski definition) is 1. The van der Waals surface area contributed by atoms with Crippen molar-refractivity contribution in [2.45, 2.75) is 20.3 Å². The van der Waals surface area contributed by atoms with Crippen LogP contribution < -0.4 is 15.5 Å². The molecule has 0 bridgehead atoms. The van der Waals surface area contributed by atoms with Crippen LogP contribution in [0.25, 0.3) is 0 Å². The number of carbonyl (C=O) groups is 1. The van der Waals surface area contributed by atoms with E-state index in [4.69, 9.17) is 10.5 Å². The van der Waals surface area contributed by atoms with Crippen molar-refractivity contribution in [3.8, 4) is 0 Å². The van der Waals surface area contributed by atoms with E-state index < -0.39 is 0 Å². The molecule has 2 rings (SSSR count). The van der Waals surface area contributed by atoms with Crippen LogP contribution in [0, 0.1) is 11.7 Å². The summed E-state index contributed by atoms with van der Waals surface area (Å²) in [4.78, 5) is 16.0. The summed E-state index contributed by atoms with van der Waals surface area (Å²) in [7, 11) is 0. The Balaban J connectivity index is 2.22. The van der Waals surface area contributed by atoms with Crippen molar-refractivity contribution in [1.29, 1.82) is 0 Å². The van der Waals surface area contributed by atoms with Gasteiger partial charge in [-0.2, -0.15) is 0 Å². The molecule has 0 aliphatic carbocycles. The molecule has 1 aliphatic heterocycles. The lowest BCUT2D eigenvalue weighted by molar-refractivity contribution is -0.121. The molecule has 0 spiro atoms. The van der Waals surface area contributed by atoms with Gasteiger partial charge < -0.3 is 20.3 Å². The van der Waals surface area contributed by atoms with Crippen molar-refractivity contribution >= 4 is 17.3 Å². The van der Waals surface area contributed by atoms with Gasteiger partial charge in [0.2, 0.25) is 5.91 Å². The van der Waals surface area contributed by atoms with Crippen LogP contribution >= 0.6 is 0 Å². The highest BCUT2D eigenvalue weighted by molar-refractivity contribution is 5.94. The van der Waals surface area contributed by atoms with E-state index >= 15 is 0 Å². The fourth-order valence-electron chi connectivity index (χ4n) is 2.65. The SMILES string of the molecule is CC(C)C(=O)N(CCCN)c1ccc(N2CCOCC2)c(F)c1. The molecule has 1 heterocycles. The van der Waals surface area contributed by atoms with Gasteiger partial charge in [0.1, 0.15) is 5.82 Å². The first-order valence-electron chi connectivity index (χ1n) is 8.18. The molecule has 128 valence electrons. The molecule has 0 saturated carbocycles. The van der Waals surface area contributed by atoms with Crippen molar-refractivity contribution in [3.63, 3.8) is 0 Å². The van der Waals surface area contributed by atoms with Gasteiger partial charge in [0, 0.05) is 31.2 Å². The Hall–Kier alpha value is -1.66. The average molecular weight is 323 g/mol. The van der Waals surface area contributed by atoms with Crippen LogP contribution in [0.15, 0.2) is 18.2 Å². The molecule has 1 aliphatic rings. The zero-order chi connectivity index (χ0) is 16.8. The molecule has 23 heavy (non-hydrogen) atoms. The summed E-state index contributed by atoms with van der Waals surface area (Å²) in [5.41, 5.74) is 6.70. The minimum Gasteiger partial charge on any atom is -0.378 e. The molecule has 0 radical (unpaired) electrons. The lowest BCUT2D eigenvalue weighted by atomic mass is 10.1. The second-order valence-electron chi connectivity index (χ2n) is 6.02. The first-order chi connectivity index (χ1) is 11.0. The largest absolute Gasteiger partial charge is 0.378 e. The van der Waals surface area contributed by atoms with Gasteiger partial charge in [0.15, 0.2) is 0 Å². The lowest BCUT2D eigenvalue weighted by Crippen LogP contribution is -2.37. The number of amides is 1.